The molecule has 0 unspecified atom stereocenters. The standard InChI is InChI=1S/C25H21F3N2O3/c1-10-6-11(2)16(12(3)7-10)18-21(31)19-20(22(18)32)24-17(14(8-29)23(19)33-24)13-4-5-15(30-9-13)25(26,27)28/h4-7,9,14,17,19-20,23-24,32H,1-3H3/t14-,17+,19-,20+,23-,24+/m0/s1. The van der Waals surface area contributed by atoms with Crippen molar-refractivity contribution in [1.82, 2.24) is 4.98 Å². The lowest BCUT2D eigenvalue weighted by atomic mass is 9.67. The smallest absolute Gasteiger partial charge is 0.433 e. The summed E-state index contributed by atoms with van der Waals surface area (Å²) >= 11 is 0. The number of nitrogens with zero attached hydrogens (tertiary/aromatic N) is 2. The number of fused-ring (bicyclic) bond motifs is 5. The molecule has 2 aromatic rings. The largest absolute Gasteiger partial charge is 0.511 e. The fourth-order valence-electron chi connectivity index (χ4n) is 6.03. The highest BCUT2D eigenvalue weighted by molar-refractivity contribution is 6.26. The van der Waals surface area contributed by atoms with Crippen molar-refractivity contribution in [2.75, 3.05) is 0 Å². The van der Waals surface area contributed by atoms with Crippen molar-refractivity contribution in [1.29, 1.82) is 5.26 Å². The van der Waals surface area contributed by atoms with Gasteiger partial charge in [-0.3, -0.25) is 9.78 Å². The van der Waals surface area contributed by atoms with Crippen molar-refractivity contribution in [2.45, 2.75) is 45.1 Å². The van der Waals surface area contributed by atoms with Crippen molar-refractivity contribution in [3.8, 4) is 6.07 Å². The Morgan fingerprint density at radius 3 is 2.27 bits per heavy atom. The Balaban J connectivity index is 1.57. The van der Waals surface area contributed by atoms with E-state index >= 15 is 0 Å². The van der Waals surface area contributed by atoms with E-state index in [-0.39, 0.29) is 17.1 Å². The number of hydrogen-bond acceptors (Lipinski definition) is 5. The zero-order valence-corrected chi connectivity index (χ0v) is 18.1. The summed E-state index contributed by atoms with van der Waals surface area (Å²) in [6.45, 7) is 5.73. The first-order valence-electron chi connectivity index (χ1n) is 10.7. The Kier molecular flexibility index (Phi) is 4.70. The number of ether oxygens (including phenoxy) is 1. The first-order chi connectivity index (χ1) is 15.5. The second kappa shape index (κ2) is 7.16. The number of aromatic nitrogens is 1. The highest BCUT2D eigenvalue weighted by Crippen LogP contribution is 2.60. The maximum atomic E-state index is 13.5. The zero-order valence-electron chi connectivity index (χ0n) is 18.1. The quantitative estimate of drug-likeness (QED) is 0.704. The second-order valence-corrected chi connectivity index (χ2v) is 9.17. The first kappa shape index (κ1) is 21.7. The molecule has 8 heteroatoms. The molecule has 0 amide bonds. The zero-order chi connectivity index (χ0) is 23.8. The molecule has 1 aliphatic carbocycles. The number of ketones is 1. The number of carbonyl (C=O) groups excluding carboxylic acids is 1. The van der Waals surface area contributed by atoms with Gasteiger partial charge in [0.15, 0.2) is 5.78 Å². The molecule has 1 N–H and O–H groups in total. The van der Waals surface area contributed by atoms with Crippen LogP contribution >= 0.6 is 0 Å². The summed E-state index contributed by atoms with van der Waals surface area (Å²) in [5, 5.41) is 21.1. The van der Waals surface area contributed by atoms with Gasteiger partial charge < -0.3 is 9.84 Å². The van der Waals surface area contributed by atoms with Crippen LogP contribution in [-0.2, 0) is 15.7 Å². The Hall–Kier alpha value is -3.18. The molecule has 170 valence electrons. The topological polar surface area (TPSA) is 83.2 Å². The van der Waals surface area contributed by atoms with Crippen LogP contribution in [0.2, 0.25) is 0 Å². The number of rotatable bonds is 2. The monoisotopic (exact) mass is 454 g/mol. The Bertz CT molecular complexity index is 1220. The molecule has 1 aromatic carbocycles. The van der Waals surface area contributed by atoms with Gasteiger partial charge in [0.05, 0.1) is 41.6 Å². The summed E-state index contributed by atoms with van der Waals surface area (Å²) in [5.74, 6) is -2.96. The minimum atomic E-state index is -4.57. The summed E-state index contributed by atoms with van der Waals surface area (Å²) in [6, 6.07) is 8.28. The van der Waals surface area contributed by atoms with Gasteiger partial charge in [0.1, 0.15) is 11.5 Å². The maximum absolute atomic E-state index is 13.5. The molecular formula is C25H21F3N2O3. The predicted octanol–water partition coefficient (Wildman–Crippen LogP) is 4.81. The number of allylic oxidation sites excluding steroid dienone is 1. The molecule has 2 fully saturated rings. The average Bonchev–Trinajstić information content (AvgIpc) is 3.37. The number of nitriles is 1. The van der Waals surface area contributed by atoms with Crippen molar-refractivity contribution in [2.24, 2.45) is 17.8 Å². The molecule has 0 spiro atoms. The maximum Gasteiger partial charge on any atom is 0.433 e. The van der Waals surface area contributed by atoms with E-state index in [1.807, 2.05) is 32.9 Å². The molecule has 2 saturated heterocycles. The van der Waals surface area contributed by atoms with Crippen LogP contribution in [-0.4, -0.2) is 28.1 Å². The summed E-state index contributed by atoms with van der Waals surface area (Å²) in [5.41, 5.74) is 3.15. The third-order valence-corrected chi connectivity index (χ3v) is 7.16. The van der Waals surface area contributed by atoms with E-state index in [1.165, 1.54) is 6.07 Å². The number of Topliss-reactive ketones (excluding diaryl/α,β-unsaturated/α-hetero) is 1. The Labute approximate surface area is 188 Å². The molecule has 5 rings (SSSR count). The van der Waals surface area contributed by atoms with Crippen LogP contribution in [0.3, 0.4) is 0 Å². The van der Waals surface area contributed by atoms with Crippen molar-refractivity contribution >= 4 is 11.4 Å². The fourth-order valence-corrected chi connectivity index (χ4v) is 6.03. The van der Waals surface area contributed by atoms with Gasteiger partial charge in [-0.1, -0.05) is 23.8 Å². The van der Waals surface area contributed by atoms with Crippen LogP contribution in [0.15, 0.2) is 36.2 Å². The summed E-state index contributed by atoms with van der Waals surface area (Å²) < 4.78 is 44.8. The first-order valence-corrected chi connectivity index (χ1v) is 10.7. The van der Waals surface area contributed by atoms with Crippen LogP contribution in [0, 0.1) is 49.9 Å². The summed E-state index contributed by atoms with van der Waals surface area (Å²) in [4.78, 5) is 17.0. The highest BCUT2D eigenvalue weighted by atomic mass is 19.4. The summed E-state index contributed by atoms with van der Waals surface area (Å²) in [7, 11) is 0. The van der Waals surface area contributed by atoms with E-state index in [0.29, 0.717) is 11.1 Å². The molecule has 33 heavy (non-hydrogen) atoms. The number of hydrogen-bond donors (Lipinski definition) is 1. The van der Waals surface area contributed by atoms with E-state index in [0.717, 1.165) is 29.0 Å². The number of aryl methyl sites for hydroxylation is 3. The average molecular weight is 454 g/mol. The number of pyridine rings is 1. The molecule has 6 atom stereocenters. The van der Waals surface area contributed by atoms with Gasteiger partial charge in [-0.2, -0.15) is 18.4 Å². The van der Waals surface area contributed by atoms with E-state index in [1.54, 1.807) is 0 Å². The normalized spacial score (nSPS) is 30.6. The van der Waals surface area contributed by atoms with Gasteiger partial charge >= 0.3 is 6.18 Å². The van der Waals surface area contributed by atoms with Gasteiger partial charge in [0.25, 0.3) is 0 Å². The second-order valence-electron chi connectivity index (χ2n) is 9.17. The Morgan fingerprint density at radius 2 is 1.73 bits per heavy atom. The van der Waals surface area contributed by atoms with E-state index in [4.69, 9.17) is 4.74 Å². The van der Waals surface area contributed by atoms with Gasteiger partial charge in [-0.15, -0.1) is 0 Å². The lowest BCUT2D eigenvalue weighted by Crippen LogP contribution is -2.39. The SMILES string of the molecule is Cc1cc(C)c(C2=C(O)[C@@H]3[C@@H]4O[C@@H]([C@@H](C#N)[C@H]4c4ccc(C(F)(F)F)nc4)[C@@H]3C2=O)c(C)c1. The predicted molar refractivity (Wildman–Crippen MR) is 112 cm³/mol. The minimum Gasteiger partial charge on any atom is -0.511 e. The minimum absolute atomic E-state index is 0.0613. The number of halogens is 3. The van der Waals surface area contributed by atoms with Crippen LogP contribution < -0.4 is 0 Å². The van der Waals surface area contributed by atoms with E-state index < -0.39 is 47.7 Å². The molecule has 3 aliphatic rings. The fraction of sp³-hybridized carbons (Fsp3) is 0.400. The molecule has 2 bridgehead atoms. The number of aliphatic hydroxyl groups excluding tert-OH is 1. The third kappa shape index (κ3) is 3.02. The third-order valence-electron chi connectivity index (χ3n) is 7.16. The van der Waals surface area contributed by atoms with Crippen molar-refractivity contribution in [3.05, 3.63) is 69.7 Å². The lowest BCUT2D eigenvalue weighted by molar-refractivity contribution is -0.141. The molecule has 3 heterocycles. The molecule has 1 aromatic heterocycles. The van der Waals surface area contributed by atoms with Gasteiger partial charge in [-0.05, 0) is 49.1 Å². The van der Waals surface area contributed by atoms with Crippen molar-refractivity contribution in [3.63, 3.8) is 0 Å². The van der Waals surface area contributed by atoms with E-state index in [2.05, 4.69) is 11.1 Å². The summed E-state index contributed by atoms with van der Waals surface area (Å²) in [6.07, 6.45) is -4.89. The molecule has 5 nitrogen and oxygen atoms in total. The molecular weight excluding hydrogens is 433 g/mol. The number of carbonyl (C=O) groups is 1. The Morgan fingerprint density at radius 1 is 1.06 bits per heavy atom. The number of benzene rings is 1. The van der Waals surface area contributed by atoms with Gasteiger partial charge in [0, 0.05) is 12.1 Å². The number of alkyl halides is 3. The highest BCUT2D eigenvalue weighted by Gasteiger charge is 2.67. The van der Waals surface area contributed by atoms with Gasteiger partial charge in [-0.25, -0.2) is 0 Å². The van der Waals surface area contributed by atoms with Crippen LogP contribution in [0.25, 0.3) is 5.57 Å². The van der Waals surface area contributed by atoms with E-state index in [9.17, 15) is 28.3 Å². The number of aliphatic hydroxyl groups is 1. The van der Waals surface area contributed by atoms with Crippen LogP contribution in [0.5, 0.6) is 0 Å². The molecule has 0 radical (unpaired) electrons. The van der Waals surface area contributed by atoms with Crippen molar-refractivity contribution < 1.29 is 27.8 Å². The van der Waals surface area contributed by atoms with Gasteiger partial charge in [0.2, 0.25) is 0 Å². The van der Waals surface area contributed by atoms with Crippen LogP contribution in [0.1, 0.15) is 39.4 Å². The lowest BCUT2D eigenvalue weighted by Gasteiger charge is -2.31. The van der Waals surface area contributed by atoms with Crippen LogP contribution in [0.4, 0.5) is 13.2 Å². The molecule has 2 aliphatic heterocycles. The molecule has 0 saturated carbocycles.